The molecule has 0 bridgehead atoms. The molecule has 1 aliphatic rings. The summed E-state index contributed by atoms with van der Waals surface area (Å²) < 4.78 is 5.54. The Morgan fingerprint density at radius 3 is 2.77 bits per heavy atom. The Morgan fingerprint density at radius 1 is 1.23 bits per heavy atom. The number of amides is 2. The zero-order valence-electron chi connectivity index (χ0n) is 17.0. The molecule has 2 aromatic carbocycles. The molecule has 0 aromatic heterocycles. The number of nitrogens with one attached hydrogen (secondary N) is 3. The maximum Gasteiger partial charge on any atom is 0.227 e. The van der Waals surface area contributed by atoms with Gasteiger partial charge in [0.05, 0.1) is 18.2 Å². The van der Waals surface area contributed by atoms with Gasteiger partial charge in [-0.15, -0.1) is 11.8 Å². The summed E-state index contributed by atoms with van der Waals surface area (Å²) in [6, 6.07) is 14.8. The molecule has 3 N–H and O–H groups in total. The Bertz CT molecular complexity index is 895. The number of hydrogen-bond donors (Lipinski definition) is 3. The minimum absolute atomic E-state index is 0.0894. The number of carbonyl (C=O) groups is 2. The maximum absolute atomic E-state index is 12.6. The Kier molecular flexibility index (Phi) is 8.01. The van der Waals surface area contributed by atoms with Crippen LogP contribution in [0.5, 0.6) is 5.75 Å². The third kappa shape index (κ3) is 6.14. The third-order valence-corrected chi connectivity index (χ3v) is 6.12. The van der Waals surface area contributed by atoms with Crippen LogP contribution in [-0.2, 0) is 15.3 Å². The molecule has 3 rings (SSSR count). The van der Waals surface area contributed by atoms with Gasteiger partial charge < -0.3 is 15.4 Å². The van der Waals surface area contributed by atoms with Crippen LogP contribution >= 0.6 is 23.4 Å². The summed E-state index contributed by atoms with van der Waals surface area (Å²) in [5, 5.41) is 9.88. The largest absolute Gasteiger partial charge is 0.492 e. The van der Waals surface area contributed by atoms with E-state index in [4.69, 9.17) is 16.3 Å². The summed E-state index contributed by atoms with van der Waals surface area (Å²) in [7, 11) is 0. The van der Waals surface area contributed by atoms with Crippen molar-refractivity contribution in [1.29, 1.82) is 0 Å². The smallest absolute Gasteiger partial charge is 0.227 e. The topological polar surface area (TPSA) is 79.5 Å². The van der Waals surface area contributed by atoms with Crippen molar-refractivity contribution in [1.82, 2.24) is 10.6 Å². The molecule has 3 atom stereocenters. The van der Waals surface area contributed by atoms with E-state index in [2.05, 4.69) is 16.0 Å². The molecule has 6 nitrogen and oxygen atoms in total. The van der Waals surface area contributed by atoms with Gasteiger partial charge in [0.25, 0.3) is 0 Å². The van der Waals surface area contributed by atoms with Gasteiger partial charge in [0.2, 0.25) is 11.8 Å². The highest BCUT2D eigenvalue weighted by molar-refractivity contribution is 7.99. The number of anilines is 1. The zero-order chi connectivity index (χ0) is 21.5. The van der Waals surface area contributed by atoms with E-state index in [0.717, 1.165) is 5.56 Å². The van der Waals surface area contributed by atoms with Gasteiger partial charge in [0.1, 0.15) is 11.2 Å². The van der Waals surface area contributed by atoms with E-state index >= 15 is 0 Å². The average Bonchev–Trinajstić information content (AvgIpc) is 2.71. The van der Waals surface area contributed by atoms with E-state index in [9.17, 15) is 9.59 Å². The second-order valence-electron chi connectivity index (χ2n) is 7.07. The van der Waals surface area contributed by atoms with Crippen molar-refractivity contribution in [3.05, 3.63) is 59.1 Å². The van der Waals surface area contributed by atoms with E-state index in [-0.39, 0.29) is 29.8 Å². The van der Waals surface area contributed by atoms with E-state index in [1.807, 2.05) is 50.2 Å². The Morgan fingerprint density at radius 2 is 2.03 bits per heavy atom. The van der Waals surface area contributed by atoms with Gasteiger partial charge in [0.15, 0.2) is 0 Å². The Balaban J connectivity index is 1.53. The van der Waals surface area contributed by atoms with Gasteiger partial charge in [-0.3, -0.25) is 14.9 Å². The highest BCUT2D eigenvalue weighted by Crippen LogP contribution is 2.26. The normalized spacial score (nSPS) is 21.0. The van der Waals surface area contributed by atoms with Crippen LogP contribution in [0.1, 0.15) is 25.8 Å². The number of ether oxygens (including phenoxy) is 1. The number of halogens is 1. The summed E-state index contributed by atoms with van der Waals surface area (Å²) in [5.74, 6) is 0.529. The lowest BCUT2D eigenvalue weighted by atomic mass is 9.94. The van der Waals surface area contributed by atoms with Crippen molar-refractivity contribution in [2.45, 2.75) is 37.6 Å². The monoisotopic (exact) mass is 447 g/mol. The number of benzene rings is 2. The molecule has 2 amide bonds. The van der Waals surface area contributed by atoms with Crippen LogP contribution in [0.4, 0.5) is 5.69 Å². The van der Waals surface area contributed by atoms with E-state index in [1.165, 1.54) is 0 Å². The Hall–Kier alpha value is -2.22. The maximum atomic E-state index is 12.6. The lowest BCUT2D eigenvalue weighted by Crippen LogP contribution is -2.59. The van der Waals surface area contributed by atoms with Crippen molar-refractivity contribution in [3.8, 4) is 5.75 Å². The average molecular weight is 448 g/mol. The molecule has 0 radical (unpaired) electrons. The van der Waals surface area contributed by atoms with Crippen LogP contribution in [0.2, 0.25) is 5.02 Å². The number of carbonyl (C=O) groups excluding carboxylic acids is 2. The minimum atomic E-state index is -0.452. The van der Waals surface area contributed by atoms with Crippen LogP contribution in [0.15, 0.2) is 48.5 Å². The molecular formula is C22H26ClN3O3S. The number of thioether (sulfide) groups is 1. The van der Waals surface area contributed by atoms with E-state index in [0.29, 0.717) is 28.8 Å². The van der Waals surface area contributed by atoms with Crippen molar-refractivity contribution < 1.29 is 14.3 Å². The minimum Gasteiger partial charge on any atom is -0.492 e. The van der Waals surface area contributed by atoms with Crippen LogP contribution in [0.3, 0.4) is 0 Å². The van der Waals surface area contributed by atoms with Crippen molar-refractivity contribution in [2.75, 3.05) is 11.9 Å². The van der Waals surface area contributed by atoms with Gasteiger partial charge >= 0.3 is 0 Å². The first-order chi connectivity index (χ1) is 14.5. The second kappa shape index (κ2) is 10.7. The molecule has 0 aliphatic carbocycles. The fourth-order valence-electron chi connectivity index (χ4n) is 3.28. The van der Waals surface area contributed by atoms with Gasteiger partial charge in [-0.25, -0.2) is 0 Å². The summed E-state index contributed by atoms with van der Waals surface area (Å²) in [4.78, 5) is 25.2. The quantitative estimate of drug-likeness (QED) is 0.569. The molecule has 3 unspecified atom stereocenters. The Labute approximate surface area is 186 Å². The fourth-order valence-corrected chi connectivity index (χ4v) is 4.54. The highest BCUT2D eigenvalue weighted by Gasteiger charge is 2.35. The zero-order valence-corrected chi connectivity index (χ0v) is 18.6. The molecule has 1 saturated heterocycles. The SMILES string of the molecule is CCOc1ccccc1NC(=O)CC1C(=O)NC(SCc2cccc(Cl)c2)NC1C. The van der Waals surface area contributed by atoms with Crippen molar-refractivity contribution in [3.63, 3.8) is 0 Å². The van der Waals surface area contributed by atoms with Crippen LogP contribution < -0.4 is 20.7 Å². The fraction of sp³-hybridized carbons (Fsp3) is 0.364. The third-order valence-electron chi connectivity index (χ3n) is 4.80. The van der Waals surface area contributed by atoms with Crippen LogP contribution in [0.25, 0.3) is 0 Å². The predicted octanol–water partition coefficient (Wildman–Crippen LogP) is 4.01. The predicted molar refractivity (Wildman–Crippen MR) is 122 cm³/mol. The van der Waals surface area contributed by atoms with Crippen LogP contribution in [0, 0.1) is 5.92 Å². The van der Waals surface area contributed by atoms with Gasteiger partial charge in [-0.05, 0) is 43.7 Å². The van der Waals surface area contributed by atoms with Gasteiger partial charge in [-0.2, -0.15) is 0 Å². The first-order valence-electron chi connectivity index (χ1n) is 9.90. The van der Waals surface area contributed by atoms with E-state index in [1.54, 1.807) is 23.9 Å². The molecule has 1 fully saturated rings. The molecule has 160 valence electrons. The number of para-hydroxylation sites is 2. The molecule has 8 heteroatoms. The molecule has 1 aliphatic heterocycles. The number of hydrogen-bond acceptors (Lipinski definition) is 5. The molecular weight excluding hydrogens is 422 g/mol. The highest BCUT2D eigenvalue weighted by atomic mass is 35.5. The summed E-state index contributed by atoms with van der Waals surface area (Å²) in [5.41, 5.74) is 1.48. The molecule has 2 aromatic rings. The molecule has 0 spiro atoms. The first-order valence-corrected chi connectivity index (χ1v) is 11.3. The molecule has 0 saturated carbocycles. The number of rotatable bonds is 8. The molecule has 30 heavy (non-hydrogen) atoms. The van der Waals surface area contributed by atoms with Crippen molar-refractivity contribution in [2.24, 2.45) is 5.92 Å². The summed E-state index contributed by atoms with van der Waals surface area (Å²) in [6.07, 6.45) is 0.0894. The molecule has 1 heterocycles. The lowest BCUT2D eigenvalue weighted by Gasteiger charge is -2.35. The lowest BCUT2D eigenvalue weighted by molar-refractivity contribution is -0.131. The standard InChI is InChI=1S/C22H26ClN3O3S/c1-3-29-19-10-5-4-9-18(19)25-20(27)12-17-14(2)24-22(26-21(17)28)30-13-15-7-6-8-16(23)11-15/h4-11,14,17,22,24H,3,12-13H2,1-2H3,(H,25,27)(H,26,28). The first kappa shape index (κ1) is 22.5. The van der Waals surface area contributed by atoms with Crippen molar-refractivity contribution >= 4 is 40.9 Å². The van der Waals surface area contributed by atoms with Gasteiger partial charge in [-0.1, -0.05) is 35.9 Å². The summed E-state index contributed by atoms with van der Waals surface area (Å²) in [6.45, 7) is 4.32. The van der Waals surface area contributed by atoms with Crippen LogP contribution in [-0.4, -0.2) is 30.0 Å². The summed E-state index contributed by atoms with van der Waals surface area (Å²) >= 11 is 7.60. The van der Waals surface area contributed by atoms with Gasteiger partial charge in [0, 0.05) is 23.2 Å². The second-order valence-corrected chi connectivity index (χ2v) is 8.60. The van der Waals surface area contributed by atoms with E-state index < -0.39 is 5.92 Å².